The van der Waals surface area contributed by atoms with Crippen molar-refractivity contribution in [2.24, 2.45) is 0 Å². The van der Waals surface area contributed by atoms with Crippen LogP contribution in [0, 0.1) is 0 Å². The van der Waals surface area contributed by atoms with E-state index in [0.717, 1.165) is 0 Å². The van der Waals surface area contributed by atoms with Crippen LogP contribution < -0.4 is 4.89 Å². The normalized spacial score (nSPS) is 9.11. The number of pyridine rings is 1. The minimum atomic E-state index is 0.317. The molecule has 0 spiro atoms. The minimum Gasteiger partial charge on any atom is -0.337 e. The lowest BCUT2D eigenvalue weighted by Crippen LogP contribution is -1.85. The van der Waals surface area contributed by atoms with E-state index in [0.29, 0.717) is 10.4 Å². The number of rotatable bonds is 1. The second-order valence-electron chi connectivity index (χ2n) is 1.38. The molecule has 1 N–H and O–H groups in total. The van der Waals surface area contributed by atoms with Gasteiger partial charge in [-0.15, -0.1) is 0 Å². The van der Waals surface area contributed by atoms with Crippen LogP contribution in [0.2, 0.25) is 0 Å². The van der Waals surface area contributed by atoms with Crippen LogP contribution in [0.3, 0.4) is 0 Å². The van der Waals surface area contributed by atoms with E-state index in [1.54, 1.807) is 18.3 Å². The van der Waals surface area contributed by atoms with E-state index in [2.05, 4.69) is 25.8 Å². The van der Waals surface area contributed by atoms with E-state index in [1.165, 1.54) is 0 Å². The van der Waals surface area contributed by atoms with E-state index in [4.69, 9.17) is 5.26 Å². The van der Waals surface area contributed by atoms with Crippen molar-refractivity contribution in [2.45, 2.75) is 0 Å². The molecule has 0 aliphatic carbocycles. The molecule has 0 aliphatic rings. The van der Waals surface area contributed by atoms with Gasteiger partial charge in [-0.25, -0.2) is 10.2 Å². The Bertz CT molecular complexity index is 204. The van der Waals surface area contributed by atoms with Crippen molar-refractivity contribution in [1.29, 1.82) is 0 Å². The van der Waals surface area contributed by atoms with Gasteiger partial charge in [-0.3, -0.25) is 0 Å². The molecule has 0 fully saturated rings. The largest absolute Gasteiger partial charge is 0.337 e. The summed E-state index contributed by atoms with van der Waals surface area (Å²) in [5.74, 6) is 0.317. The van der Waals surface area contributed by atoms with Crippen LogP contribution in [0.1, 0.15) is 0 Å². The summed E-state index contributed by atoms with van der Waals surface area (Å²) in [6.07, 6.45) is 1.59. The zero-order valence-corrected chi connectivity index (χ0v) is 6.00. The predicted molar refractivity (Wildman–Crippen MR) is 35.2 cm³/mol. The third-order valence-corrected chi connectivity index (χ3v) is 1.42. The average molecular weight is 190 g/mol. The van der Waals surface area contributed by atoms with Crippen LogP contribution in [-0.4, -0.2) is 10.2 Å². The SMILES string of the molecule is OOc1cccnc1Br. The van der Waals surface area contributed by atoms with Crippen LogP contribution in [0.15, 0.2) is 22.9 Å². The second-order valence-corrected chi connectivity index (χ2v) is 2.13. The first-order chi connectivity index (χ1) is 4.34. The van der Waals surface area contributed by atoms with Crippen LogP contribution in [0.5, 0.6) is 5.75 Å². The molecule has 1 aromatic rings. The Labute approximate surface area is 60.4 Å². The van der Waals surface area contributed by atoms with Crippen LogP contribution in [0.4, 0.5) is 0 Å². The lowest BCUT2D eigenvalue weighted by Gasteiger charge is -1.95. The van der Waals surface area contributed by atoms with Gasteiger partial charge in [0.05, 0.1) is 0 Å². The second kappa shape index (κ2) is 2.80. The molecule has 0 saturated carbocycles. The van der Waals surface area contributed by atoms with Gasteiger partial charge in [0, 0.05) is 6.20 Å². The summed E-state index contributed by atoms with van der Waals surface area (Å²) in [7, 11) is 0. The van der Waals surface area contributed by atoms with Crippen LogP contribution in [-0.2, 0) is 0 Å². The topological polar surface area (TPSA) is 42.4 Å². The highest BCUT2D eigenvalue weighted by Crippen LogP contribution is 2.19. The molecule has 9 heavy (non-hydrogen) atoms. The molecule has 1 aromatic heterocycles. The molecule has 0 aliphatic heterocycles. The highest BCUT2D eigenvalue weighted by Gasteiger charge is 1.97. The highest BCUT2D eigenvalue weighted by atomic mass is 79.9. The van der Waals surface area contributed by atoms with Gasteiger partial charge < -0.3 is 4.89 Å². The Morgan fingerprint density at radius 2 is 2.44 bits per heavy atom. The summed E-state index contributed by atoms with van der Waals surface area (Å²) in [5.41, 5.74) is 0. The number of halogens is 1. The third-order valence-electron chi connectivity index (χ3n) is 0.823. The number of hydrogen-bond donors (Lipinski definition) is 1. The average Bonchev–Trinajstić information content (AvgIpc) is 1.89. The molecule has 1 rings (SSSR count). The van der Waals surface area contributed by atoms with Crippen molar-refractivity contribution in [2.75, 3.05) is 0 Å². The summed E-state index contributed by atoms with van der Waals surface area (Å²) in [5, 5.41) is 8.15. The van der Waals surface area contributed by atoms with E-state index >= 15 is 0 Å². The molecule has 0 amide bonds. The van der Waals surface area contributed by atoms with Gasteiger partial charge in [-0.05, 0) is 28.1 Å². The lowest BCUT2D eigenvalue weighted by molar-refractivity contribution is -0.138. The smallest absolute Gasteiger partial charge is 0.197 e. The maximum atomic E-state index is 8.15. The van der Waals surface area contributed by atoms with Crippen molar-refractivity contribution >= 4 is 15.9 Å². The fourth-order valence-electron chi connectivity index (χ4n) is 0.439. The molecule has 4 heteroatoms. The lowest BCUT2D eigenvalue weighted by atomic mass is 10.5. The molecule has 0 aromatic carbocycles. The molecule has 48 valence electrons. The zero-order chi connectivity index (χ0) is 6.69. The molecule has 0 radical (unpaired) electrons. The van der Waals surface area contributed by atoms with Crippen molar-refractivity contribution in [1.82, 2.24) is 4.98 Å². The molecule has 0 unspecified atom stereocenters. The Balaban J connectivity index is 3.01. The van der Waals surface area contributed by atoms with Gasteiger partial charge in [0.2, 0.25) is 0 Å². The fourth-order valence-corrected chi connectivity index (χ4v) is 0.762. The number of nitrogens with zero attached hydrogens (tertiary/aromatic N) is 1. The van der Waals surface area contributed by atoms with Gasteiger partial charge >= 0.3 is 0 Å². The van der Waals surface area contributed by atoms with Gasteiger partial charge in [0.1, 0.15) is 0 Å². The summed E-state index contributed by atoms with van der Waals surface area (Å²) in [4.78, 5) is 7.72. The van der Waals surface area contributed by atoms with Crippen LogP contribution >= 0.6 is 15.9 Å². The van der Waals surface area contributed by atoms with Gasteiger partial charge in [-0.1, -0.05) is 0 Å². The van der Waals surface area contributed by atoms with Gasteiger partial charge in [-0.2, -0.15) is 0 Å². The van der Waals surface area contributed by atoms with E-state index in [-0.39, 0.29) is 0 Å². The zero-order valence-electron chi connectivity index (χ0n) is 4.41. The molecule has 1 heterocycles. The monoisotopic (exact) mass is 189 g/mol. The summed E-state index contributed by atoms with van der Waals surface area (Å²) >= 11 is 3.06. The van der Waals surface area contributed by atoms with E-state index in [9.17, 15) is 0 Å². The summed E-state index contributed by atoms with van der Waals surface area (Å²) < 4.78 is 0.493. The third kappa shape index (κ3) is 1.40. The number of aromatic nitrogens is 1. The standard InChI is InChI=1S/C5H4BrNO2/c6-5-4(9-8)2-1-3-7-5/h1-3,8H. The Morgan fingerprint density at radius 1 is 1.67 bits per heavy atom. The van der Waals surface area contributed by atoms with Gasteiger partial charge in [0.25, 0.3) is 0 Å². The van der Waals surface area contributed by atoms with Gasteiger partial charge in [0.15, 0.2) is 10.4 Å². The maximum Gasteiger partial charge on any atom is 0.197 e. The Kier molecular flexibility index (Phi) is 2.02. The first-order valence-electron chi connectivity index (χ1n) is 2.26. The number of hydrogen-bond acceptors (Lipinski definition) is 3. The van der Waals surface area contributed by atoms with E-state index < -0.39 is 0 Å². The van der Waals surface area contributed by atoms with Crippen molar-refractivity contribution in [3.63, 3.8) is 0 Å². The predicted octanol–water partition coefficient (Wildman–Crippen LogP) is 1.70. The van der Waals surface area contributed by atoms with Crippen molar-refractivity contribution in [3.8, 4) is 5.75 Å². The van der Waals surface area contributed by atoms with Crippen molar-refractivity contribution in [3.05, 3.63) is 22.9 Å². The summed E-state index contributed by atoms with van der Waals surface area (Å²) in [6.45, 7) is 0. The molecule has 0 bridgehead atoms. The fraction of sp³-hybridized carbons (Fsp3) is 0. The summed E-state index contributed by atoms with van der Waals surface area (Å²) in [6, 6.07) is 3.26. The van der Waals surface area contributed by atoms with Crippen molar-refractivity contribution < 1.29 is 10.1 Å². The molecule has 0 saturated heterocycles. The Morgan fingerprint density at radius 3 is 2.89 bits per heavy atom. The molecular weight excluding hydrogens is 186 g/mol. The Hall–Kier alpha value is -0.610. The quantitative estimate of drug-likeness (QED) is 0.416. The minimum absolute atomic E-state index is 0.317. The van der Waals surface area contributed by atoms with Crippen LogP contribution in [0.25, 0.3) is 0 Å². The maximum absolute atomic E-state index is 8.15. The highest BCUT2D eigenvalue weighted by molar-refractivity contribution is 9.10. The molecule has 0 atom stereocenters. The first-order valence-corrected chi connectivity index (χ1v) is 3.06. The molecule has 3 nitrogen and oxygen atoms in total. The molecular formula is C5H4BrNO2. The first kappa shape index (κ1) is 6.51. The van der Waals surface area contributed by atoms with E-state index in [1.807, 2.05) is 0 Å².